The molecule has 0 aliphatic rings. The SMILES string of the molecule is O=S(=O)(/N=C/c1cccc(Cl)c1)c1cccc2ccccc12. The van der Waals surface area contributed by atoms with Crippen molar-refractivity contribution < 1.29 is 8.42 Å². The summed E-state index contributed by atoms with van der Waals surface area (Å²) in [4.78, 5) is 0.198. The summed E-state index contributed by atoms with van der Waals surface area (Å²) < 4.78 is 28.7. The first-order valence-corrected chi connectivity index (χ1v) is 8.42. The summed E-state index contributed by atoms with van der Waals surface area (Å²) in [6.45, 7) is 0. The predicted molar refractivity (Wildman–Crippen MR) is 90.2 cm³/mol. The normalized spacial score (nSPS) is 12.0. The van der Waals surface area contributed by atoms with Crippen molar-refractivity contribution in [2.75, 3.05) is 0 Å². The second-order valence-corrected chi connectivity index (χ2v) is 6.78. The zero-order chi connectivity index (χ0) is 15.6. The summed E-state index contributed by atoms with van der Waals surface area (Å²) in [5.41, 5.74) is 0.635. The smallest absolute Gasteiger partial charge is 0.199 e. The third-order valence-corrected chi connectivity index (χ3v) is 4.75. The van der Waals surface area contributed by atoms with Crippen molar-refractivity contribution in [1.82, 2.24) is 0 Å². The molecule has 0 aromatic heterocycles. The first-order chi connectivity index (χ1) is 10.6. The van der Waals surface area contributed by atoms with E-state index in [2.05, 4.69) is 4.40 Å². The fraction of sp³-hybridized carbons (Fsp3) is 0. The van der Waals surface area contributed by atoms with Crippen molar-refractivity contribution in [3.8, 4) is 0 Å². The van der Waals surface area contributed by atoms with E-state index in [1.54, 1.807) is 42.5 Å². The lowest BCUT2D eigenvalue weighted by Crippen LogP contribution is -1.99. The summed E-state index contributed by atoms with van der Waals surface area (Å²) in [6, 6.07) is 19.3. The number of sulfonamides is 1. The molecule has 0 aliphatic heterocycles. The maximum absolute atomic E-state index is 12.5. The number of benzene rings is 3. The van der Waals surface area contributed by atoms with Crippen molar-refractivity contribution in [3.05, 3.63) is 77.3 Å². The molecule has 0 unspecified atom stereocenters. The van der Waals surface area contributed by atoms with Gasteiger partial charge < -0.3 is 0 Å². The summed E-state index contributed by atoms with van der Waals surface area (Å²) in [6.07, 6.45) is 1.31. The largest absolute Gasteiger partial charge is 0.282 e. The van der Waals surface area contributed by atoms with Gasteiger partial charge in [-0.25, -0.2) is 0 Å². The molecule has 3 nitrogen and oxygen atoms in total. The van der Waals surface area contributed by atoms with Crippen LogP contribution in [0.4, 0.5) is 0 Å². The van der Waals surface area contributed by atoms with Gasteiger partial charge in [0.15, 0.2) is 0 Å². The van der Waals surface area contributed by atoms with Crippen LogP contribution in [0.25, 0.3) is 10.8 Å². The summed E-state index contributed by atoms with van der Waals surface area (Å²) >= 11 is 5.88. The van der Waals surface area contributed by atoms with Crippen molar-refractivity contribution >= 4 is 38.6 Å². The Morgan fingerprint density at radius 2 is 1.64 bits per heavy atom. The van der Waals surface area contributed by atoms with Crippen molar-refractivity contribution in [1.29, 1.82) is 0 Å². The van der Waals surface area contributed by atoms with E-state index in [9.17, 15) is 8.42 Å². The fourth-order valence-electron chi connectivity index (χ4n) is 2.19. The molecule has 0 radical (unpaired) electrons. The molecule has 0 N–H and O–H groups in total. The molecule has 0 heterocycles. The van der Waals surface area contributed by atoms with Gasteiger partial charge in [0.1, 0.15) is 0 Å². The first-order valence-electron chi connectivity index (χ1n) is 6.60. The first kappa shape index (κ1) is 14.8. The van der Waals surface area contributed by atoms with Crippen LogP contribution in [0.1, 0.15) is 5.56 Å². The second-order valence-electron chi connectivity index (χ2n) is 4.74. The highest BCUT2D eigenvalue weighted by Gasteiger charge is 2.15. The van der Waals surface area contributed by atoms with Crippen molar-refractivity contribution in [3.63, 3.8) is 0 Å². The third kappa shape index (κ3) is 3.03. The molecule has 0 saturated carbocycles. The van der Waals surface area contributed by atoms with E-state index in [4.69, 9.17) is 11.6 Å². The van der Waals surface area contributed by atoms with Gasteiger partial charge in [-0.3, -0.25) is 0 Å². The van der Waals surface area contributed by atoms with Crippen LogP contribution >= 0.6 is 11.6 Å². The maximum atomic E-state index is 12.5. The Labute approximate surface area is 133 Å². The zero-order valence-electron chi connectivity index (χ0n) is 11.5. The molecule has 0 fully saturated rings. The number of halogens is 1. The Bertz CT molecular complexity index is 960. The molecule has 110 valence electrons. The Balaban J connectivity index is 2.05. The van der Waals surface area contributed by atoms with E-state index in [-0.39, 0.29) is 4.90 Å². The third-order valence-electron chi connectivity index (χ3n) is 3.22. The number of fused-ring (bicyclic) bond motifs is 1. The van der Waals surface area contributed by atoms with E-state index in [0.717, 1.165) is 5.39 Å². The van der Waals surface area contributed by atoms with Crippen molar-refractivity contribution in [2.45, 2.75) is 4.90 Å². The topological polar surface area (TPSA) is 46.5 Å². The monoisotopic (exact) mass is 329 g/mol. The lowest BCUT2D eigenvalue weighted by atomic mass is 10.1. The number of rotatable bonds is 3. The fourth-order valence-corrected chi connectivity index (χ4v) is 3.48. The molecule has 0 atom stereocenters. The molecular weight excluding hydrogens is 318 g/mol. The van der Waals surface area contributed by atoms with Gasteiger partial charge in [0.2, 0.25) is 0 Å². The van der Waals surface area contributed by atoms with Gasteiger partial charge in [-0.15, -0.1) is 0 Å². The van der Waals surface area contributed by atoms with Crippen LogP contribution in [0.15, 0.2) is 76.0 Å². The molecule has 0 spiro atoms. The minimum atomic E-state index is -3.77. The van der Waals surface area contributed by atoms with Gasteiger partial charge in [-0.1, -0.05) is 60.1 Å². The van der Waals surface area contributed by atoms with Crippen molar-refractivity contribution in [2.24, 2.45) is 4.40 Å². The molecule has 5 heteroatoms. The van der Waals surface area contributed by atoms with Gasteiger partial charge in [0.25, 0.3) is 10.0 Å². The highest BCUT2D eigenvalue weighted by Crippen LogP contribution is 2.24. The molecule has 0 amide bonds. The zero-order valence-corrected chi connectivity index (χ0v) is 13.1. The Morgan fingerprint density at radius 3 is 2.45 bits per heavy atom. The van der Waals surface area contributed by atoms with E-state index in [0.29, 0.717) is 16.0 Å². The minimum Gasteiger partial charge on any atom is -0.199 e. The summed E-state index contributed by atoms with van der Waals surface area (Å²) in [7, 11) is -3.77. The van der Waals surface area contributed by atoms with E-state index < -0.39 is 10.0 Å². The summed E-state index contributed by atoms with van der Waals surface area (Å²) in [5, 5.41) is 2.06. The van der Waals surface area contributed by atoms with Crippen LogP contribution in [0.3, 0.4) is 0 Å². The Morgan fingerprint density at radius 1 is 0.909 bits per heavy atom. The van der Waals surface area contributed by atoms with Gasteiger partial charge in [0.05, 0.1) is 4.90 Å². The molecule has 0 bridgehead atoms. The van der Waals surface area contributed by atoms with Gasteiger partial charge in [-0.2, -0.15) is 12.8 Å². The highest BCUT2D eigenvalue weighted by molar-refractivity contribution is 7.90. The van der Waals surface area contributed by atoms with E-state index >= 15 is 0 Å². The number of nitrogens with zero attached hydrogens (tertiary/aromatic N) is 1. The lowest BCUT2D eigenvalue weighted by molar-refractivity contribution is 0.599. The van der Waals surface area contributed by atoms with Gasteiger partial charge in [0, 0.05) is 16.6 Å². The van der Waals surface area contributed by atoms with E-state index in [1.807, 2.05) is 24.3 Å². The quantitative estimate of drug-likeness (QED) is 0.672. The van der Waals surface area contributed by atoms with Crippen LogP contribution in [-0.2, 0) is 10.0 Å². The van der Waals surface area contributed by atoms with E-state index in [1.165, 1.54) is 6.21 Å². The predicted octanol–water partition coefficient (Wildman–Crippen LogP) is 4.30. The average molecular weight is 330 g/mol. The molecule has 3 rings (SSSR count). The number of hydrogen-bond donors (Lipinski definition) is 0. The minimum absolute atomic E-state index is 0.198. The standard InChI is InChI=1S/C17H12ClNO2S/c18-15-8-3-5-13(11-15)12-19-22(20,21)17-10-4-7-14-6-1-2-9-16(14)17/h1-12H/b19-12+. The molecular formula is C17H12ClNO2S. The van der Waals surface area contributed by atoms with Crippen LogP contribution in [0.5, 0.6) is 0 Å². The highest BCUT2D eigenvalue weighted by atomic mass is 35.5. The molecule has 0 aliphatic carbocycles. The van der Waals surface area contributed by atoms with Gasteiger partial charge >= 0.3 is 0 Å². The molecule has 0 saturated heterocycles. The average Bonchev–Trinajstić information content (AvgIpc) is 2.52. The molecule has 22 heavy (non-hydrogen) atoms. The van der Waals surface area contributed by atoms with Crippen LogP contribution < -0.4 is 0 Å². The van der Waals surface area contributed by atoms with Crippen LogP contribution in [-0.4, -0.2) is 14.6 Å². The Hall–Kier alpha value is -2.17. The summed E-state index contributed by atoms with van der Waals surface area (Å²) in [5.74, 6) is 0. The lowest BCUT2D eigenvalue weighted by Gasteiger charge is -2.04. The Kier molecular flexibility index (Phi) is 3.96. The molecule has 3 aromatic rings. The van der Waals surface area contributed by atoms with Gasteiger partial charge in [-0.05, 0) is 29.1 Å². The van der Waals surface area contributed by atoms with Crippen LogP contribution in [0, 0.1) is 0 Å². The van der Waals surface area contributed by atoms with Crippen LogP contribution in [0.2, 0.25) is 5.02 Å². The maximum Gasteiger partial charge on any atom is 0.282 e. The number of hydrogen-bond acceptors (Lipinski definition) is 2. The molecule has 3 aromatic carbocycles. The second kappa shape index (κ2) is 5.91.